The van der Waals surface area contributed by atoms with E-state index in [1.807, 2.05) is 0 Å². The van der Waals surface area contributed by atoms with Gasteiger partial charge in [0.15, 0.2) is 0 Å². The van der Waals surface area contributed by atoms with E-state index in [9.17, 15) is 0 Å². The Hall–Kier alpha value is -0.630. The van der Waals surface area contributed by atoms with Crippen LogP contribution in [0.4, 0.5) is 0 Å². The molecule has 0 heterocycles. The van der Waals surface area contributed by atoms with Crippen LogP contribution in [0.2, 0.25) is 0 Å². The second-order valence-corrected chi connectivity index (χ2v) is 5.57. The second-order valence-electron chi connectivity index (χ2n) is 5.57. The molecule has 1 aliphatic carbocycles. The minimum Gasteiger partial charge on any atom is -0.396 e. The van der Waals surface area contributed by atoms with Crippen molar-refractivity contribution >= 4 is 0 Å². The topological polar surface area (TPSA) is 90.3 Å². The molecule has 0 atom stereocenters. The van der Waals surface area contributed by atoms with Crippen LogP contribution < -0.4 is 5.73 Å². The number of hydrogen-bond donors (Lipinski definition) is 3. The van der Waals surface area contributed by atoms with E-state index >= 15 is 0 Å². The summed E-state index contributed by atoms with van der Waals surface area (Å²) < 4.78 is 0. The van der Waals surface area contributed by atoms with Crippen molar-refractivity contribution in [2.24, 2.45) is 17.6 Å². The van der Waals surface area contributed by atoms with Crippen LogP contribution in [0.25, 0.3) is 0 Å². The first-order valence-electron chi connectivity index (χ1n) is 7.06. The number of hydrogen-bond acceptors (Lipinski definition) is 4. The van der Waals surface area contributed by atoms with Crippen LogP contribution in [-0.2, 0) is 0 Å². The maximum absolute atomic E-state index is 8.99. The summed E-state index contributed by atoms with van der Waals surface area (Å²) in [5, 5.41) is 26.9. The van der Waals surface area contributed by atoms with Gasteiger partial charge in [0.2, 0.25) is 0 Å². The summed E-state index contributed by atoms with van der Waals surface area (Å²) >= 11 is 0. The average molecular weight is 254 g/mol. The lowest BCUT2D eigenvalue weighted by atomic mass is 9.69. The third kappa shape index (κ3) is 4.24. The minimum atomic E-state index is -0.272. The molecular formula is C14H26N2O2. The molecular weight excluding hydrogens is 228 g/mol. The van der Waals surface area contributed by atoms with E-state index in [-0.39, 0.29) is 24.7 Å². The number of rotatable bonds is 7. The smallest absolute Gasteiger partial charge is 0.0655 e. The summed E-state index contributed by atoms with van der Waals surface area (Å²) in [4.78, 5) is 0. The van der Waals surface area contributed by atoms with Crippen molar-refractivity contribution in [1.29, 1.82) is 5.26 Å². The first-order chi connectivity index (χ1) is 8.66. The van der Waals surface area contributed by atoms with Gasteiger partial charge < -0.3 is 15.9 Å². The third-order valence-corrected chi connectivity index (χ3v) is 4.32. The molecule has 4 nitrogen and oxygen atoms in total. The van der Waals surface area contributed by atoms with Gasteiger partial charge in [0, 0.05) is 24.7 Å². The van der Waals surface area contributed by atoms with Gasteiger partial charge in [-0.3, -0.25) is 0 Å². The zero-order valence-electron chi connectivity index (χ0n) is 11.1. The molecule has 0 saturated heterocycles. The van der Waals surface area contributed by atoms with Crippen molar-refractivity contribution in [3.05, 3.63) is 0 Å². The molecule has 1 rings (SSSR count). The highest BCUT2D eigenvalue weighted by molar-refractivity contribution is 4.96. The summed E-state index contributed by atoms with van der Waals surface area (Å²) in [6.45, 7) is 0.344. The SMILES string of the molecule is N#CC1CCC(C(N)(CCCO)CCCO)CC1. The third-order valence-electron chi connectivity index (χ3n) is 4.32. The zero-order valence-corrected chi connectivity index (χ0v) is 11.1. The highest BCUT2D eigenvalue weighted by Gasteiger charge is 2.36. The van der Waals surface area contributed by atoms with Crippen LogP contribution in [0.15, 0.2) is 0 Å². The number of aliphatic hydroxyl groups is 2. The van der Waals surface area contributed by atoms with Gasteiger partial charge in [-0.1, -0.05) is 0 Å². The summed E-state index contributed by atoms with van der Waals surface area (Å²) in [5.41, 5.74) is 6.25. The van der Waals surface area contributed by atoms with Crippen LogP contribution in [0, 0.1) is 23.2 Å². The molecule has 0 bridgehead atoms. The van der Waals surface area contributed by atoms with Gasteiger partial charge in [-0.25, -0.2) is 0 Å². The number of nitriles is 1. The molecule has 104 valence electrons. The fraction of sp³-hybridized carbons (Fsp3) is 0.929. The maximum Gasteiger partial charge on any atom is 0.0655 e. The summed E-state index contributed by atoms with van der Waals surface area (Å²) in [6, 6.07) is 2.34. The molecule has 4 N–H and O–H groups in total. The van der Waals surface area contributed by atoms with Gasteiger partial charge in [-0.15, -0.1) is 0 Å². The number of nitrogens with zero attached hydrogens (tertiary/aromatic N) is 1. The van der Waals surface area contributed by atoms with E-state index in [0.717, 1.165) is 51.4 Å². The molecule has 0 aliphatic heterocycles. The van der Waals surface area contributed by atoms with E-state index in [4.69, 9.17) is 21.2 Å². The highest BCUT2D eigenvalue weighted by Crippen LogP contribution is 2.38. The van der Waals surface area contributed by atoms with Crippen molar-refractivity contribution < 1.29 is 10.2 Å². The molecule has 0 aromatic heterocycles. The van der Waals surface area contributed by atoms with Crippen LogP contribution in [0.3, 0.4) is 0 Å². The van der Waals surface area contributed by atoms with E-state index < -0.39 is 0 Å². The number of nitrogens with two attached hydrogens (primary N) is 1. The van der Waals surface area contributed by atoms with Crippen LogP contribution in [-0.4, -0.2) is 29.0 Å². The van der Waals surface area contributed by atoms with E-state index in [0.29, 0.717) is 5.92 Å². The molecule has 0 amide bonds. The van der Waals surface area contributed by atoms with Gasteiger partial charge in [-0.05, 0) is 57.3 Å². The Morgan fingerprint density at radius 2 is 1.56 bits per heavy atom. The second kappa shape index (κ2) is 7.73. The summed E-state index contributed by atoms with van der Waals surface area (Å²) in [6.07, 6.45) is 6.96. The molecule has 0 aromatic rings. The van der Waals surface area contributed by atoms with E-state index in [2.05, 4.69) is 6.07 Å². The van der Waals surface area contributed by atoms with Crippen molar-refractivity contribution in [1.82, 2.24) is 0 Å². The Bertz CT molecular complexity index is 259. The number of aliphatic hydroxyl groups excluding tert-OH is 2. The Balaban J connectivity index is 2.56. The Labute approximate surface area is 110 Å². The quantitative estimate of drug-likeness (QED) is 0.643. The van der Waals surface area contributed by atoms with Gasteiger partial charge in [0.05, 0.1) is 6.07 Å². The largest absolute Gasteiger partial charge is 0.396 e. The molecule has 1 aliphatic rings. The van der Waals surface area contributed by atoms with Crippen molar-refractivity contribution in [2.45, 2.75) is 56.9 Å². The predicted octanol–water partition coefficient (Wildman–Crippen LogP) is 1.56. The average Bonchev–Trinajstić information content (AvgIpc) is 2.43. The lowest BCUT2D eigenvalue weighted by molar-refractivity contribution is 0.142. The molecule has 18 heavy (non-hydrogen) atoms. The molecule has 0 radical (unpaired) electrons. The fourth-order valence-corrected chi connectivity index (χ4v) is 3.15. The summed E-state index contributed by atoms with van der Waals surface area (Å²) in [5.74, 6) is 0.626. The summed E-state index contributed by atoms with van der Waals surface area (Å²) in [7, 11) is 0. The van der Waals surface area contributed by atoms with Crippen LogP contribution >= 0.6 is 0 Å². The standard InChI is InChI=1S/C14H26N2O2/c15-11-12-3-5-13(6-4-12)14(16,7-1-9-17)8-2-10-18/h12-13,17-18H,1-10,16H2. The zero-order chi connectivity index (χ0) is 13.4. The first-order valence-corrected chi connectivity index (χ1v) is 7.06. The predicted molar refractivity (Wildman–Crippen MR) is 70.6 cm³/mol. The monoisotopic (exact) mass is 254 g/mol. The molecule has 1 saturated carbocycles. The fourth-order valence-electron chi connectivity index (χ4n) is 3.15. The van der Waals surface area contributed by atoms with Crippen LogP contribution in [0.5, 0.6) is 0 Å². The molecule has 0 spiro atoms. The van der Waals surface area contributed by atoms with Crippen molar-refractivity contribution in [2.75, 3.05) is 13.2 Å². The Morgan fingerprint density at radius 1 is 1.06 bits per heavy atom. The van der Waals surface area contributed by atoms with E-state index in [1.54, 1.807) is 0 Å². The molecule has 0 aromatic carbocycles. The van der Waals surface area contributed by atoms with Gasteiger partial charge in [0.25, 0.3) is 0 Å². The Kier molecular flexibility index (Phi) is 6.62. The van der Waals surface area contributed by atoms with Gasteiger partial charge in [0.1, 0.15) is 0 Å². The normalized spacial score (nSPS) is 24.8. The van der Waals surface area contributed by atoms with Crippen LogP contribution in [0.1, 0.15) is 51.4 Å². The lowest BCUT2D eigenvalue weighted by Gasteiger charge is -2.41. The first kappa shape index (κ1) is 15.4. The van der Waals surface area contributed by atoms with Gasteiger partial charge in [-0.2, -0.15) is 5.26 Å². The molecule has 1 fully saturated rings. The van der Waals surface area contributed by atoms with Crippen molar-refractivity contribution in [3.8, 4) is 6.07 Å². The minimum absolute atomic E-state index is 0.172. The Morgan fingerprint density at radius 3 is 1.94 bits per heavy atom. The maximum atomic E-state index is 8.99. The van der Waals surface area contributed by atoms with Crippen molar-refractivity contribution in [3.63, 3.8) is 0 Å². The molecule has 0 unspecified atom stereocenters. The van der Waals surface area contributed by atoms with Gasteiger partial charge >= 0.3 is 0 Å². The lowest BCUT2D eigenvalue weighted by Crippen LogP contribution is -2.48. The highest BCUT2D eigenvalue weighted by atomic mass is 16.3. The van der Waals surface area contributed by atoms with E-state index in [1.165, 1.54) is 0 Å². The molecule has 4 heteroatoms.